The van der Waals surface area contributed by atoms with Crippen LogP contribution in [0.2, 0.25) is 0 Å². The summed E-state index contributed by atoms with van der Waals surface area (Å²) in [5.74, 6) is 2.25. The van der Waals surface area contributed by atoms with E-state index in [9.17, 15) is 0 Å². The zero-order chi connectivity index (χ0) is 31.8. The number of nitrogens with one attached hydrogen (secondary N) is 1. The van der Waals surface area contributed by atoms with Crippen molar-refractivity contribution < 1.29 is 4.57 Å². The van der Waals surface area contributed by atoms with E-state index in [1.807, 2.05) is 0 Å². The normalized spacial score (nSPS) is 13.1. The van der Waals surface area contributed by atoms with E-state index in [1.54, 1.807) is 0 Å². The summed E-state index contributed by atoms with van der Waals surface area (Å²) < 4.78 is 2.63. The molecule has 0 aliphatic heterocycles. The zero-order valence-corrected chi connectivity index (χ0v) is 31.1. The Hall–Kier alpha value is -0.790. The first-order valence-corrected chi connectivity index (χ1v) is 20.8. The van der Waals surface area contributed by atoms with Crippen LogP contribution >= 0.6 is 0 Å². The number of hydrogen-bond donors (Lipinski definition) is 1. The van der Waals surface area contributed by atoms with Gasteiger partial charge in [-0.1, -0.05) is 207 Å². The fourth-order valence-electron chi connectivity index (χ4n) is 7.31. The van der Waals surface area contributed by atoms with Crippen LogP contribution in [0.1, 0.15) is 257 Å². The van der Waals surface area contributed by atoms with Crippen LogP contribution in [0.4, 0.5) is 0 Å². The molecule has 0 bridgehead atoms. The Bertz CT molecular complexity index is 679. The molecule has 0 amide bonds. The van der Waals surface area contributed by atoms with Crippen LogP contribution in [0.5, 0.6) is 0 Å². The lowest BCUT2D eigenvalue weighted by molar-refractivity contribution is -0.727. The molecule has 1 N–H and O–H groups in total. The summed E-state index contributed by atoms with van der Waals surface area (Å²) in [5.41, 5.74) is 0. The van der Waals surface area contributed by atoms with Crippen LogP contribution < -0.4 is 4.57 Å². The molecule has 260 valence electrons. The van der Waals surface area contributed by atoms with Gasteiger partial charge in [-0.25, -0.2) is 9.55 Å². The molecule has 1 heterocycles. The van der Waals surface area contributed by atoms with Crippen LogP contribution in [-0.4, -0.2) is 4.98 Å². The third-order valence-corrected chi connectivity index (χ3v) is 10.4. The summed E-state index contributed by atoms with van der Waals surface area (Å²) in [6, 6.07) is 0.619. The van der Waals surface area contributed by atoms with Crippen LogP contribution in [0.15, 0.2) is 12.4 Å². The molecule has 1 rings (SSSR count). The van der Waals surface area contributed by atoms with Crippen LogP contribution in [0, 0.1) is 0 Å². The highest BCUT2D eigenvalue weighted by molar-refractivity contribution is 4.90. The Balaban J connectivity index is 2.36. The predicted molar refractivity (Wildman–Crippen MR) is 198 cm³/mol. The van der Waals surface area contributed by atoms with Gasteiger partial charge in [-0.05, 0) is 32.6 Å². The lowest BCUT2D eigenvalue weighted by Crippen LogP contribution is -2.41. The van der Waals surface area contributed by atoms with E-state index in [0.29, 0.717) is 12.0 Å². The van der Waals surface area contributed by atoms with Crippen molar-refractivity contribution in [2.45, 2.75) is 252 Å². The second-order valence-electron chi connectivity index (χ2n) is 14.7. The fraction of sp³-hybridized carbons (Fsp3) is 0.929. The lowest BCUT2D eigenvalue weighted by Gasteiger charge is -2.17. The largest absolute Gasteiger partial charge is 0.257 e. The average Bonchev–Trinajstić information content (AvgIpc) is 3.52. The second-order valence-corrected chi connectivity index (χ2v) is 14.7. The molecule has 2 heteroatoms. The molecule has 44 heavy (non-hydrogen) atoms. The first kappa shape index (κ1) is 41.2. The highest BCUT2D eigenvalue weighted by Crippen LogP contribution is 2.27. The number of H-pyrrole nitrogens is 1. The molecule has 0 saturated heterocycles. The van der Waals surface area contributed by atoms with Gasteiger partial charge in [-0.2, -0.15) is 0 Å². The molecule has 2 nitrogen and oxygen atoms in total. The quantitative estimate of drug-likeness (QED) is 0.0579. The minimum absolute atomic E-state index is 0.619. The summed E-state index contributed by atoms with van der Waals surface area (Å²) in [7, 11) is 0. The predicted octanol–water partition coefficient (Wildman–Crippen LogP) is 14.9. The van der Waals surface area contributed by atoms with Gasteiger partial charge in [0, 0.05) is 0 Å². The Morgan fingerprint density at radius 1 is 0.432 bits per heavy atom. The maximum Gasteiger partial charge on any atom is 0.257 e. The van der Waals surface area contributed by atoms with Gasteiger partial charge in [0.2, 0.25) is 0 Å². The first-order valence-electron chi connectivity index (χ1n) is 20.8. The van der Waals surface area contributed by atoms with Crippen molar-refractivity contribution in [3.63, 3.8) is 0 Å². The molecule has 0 spiro atoms. The molecule has 0 fully saturated rings. The van der Waals surface area contributed by atoms with Gasteiger partial charge in [0.25, 0.3) is 5.82 Å². The smallest absolute Gasteiger partial charge is 0.247 e. The Morgan fingerprint density at radius 2 is 0.727 bits per heavy atom. The van der Waals surface area contributed by atoms with Crippen molar-refractivity contribution in [2.24, 2.45) is 0 Å². The summed E-state index contributed by atoms with van der Waals surface area (Å²) in [6.07, 6.45) is 51.7. The van der Waals surface area contributed by atoms with Gasteiger partial charge >= 0.3 is 0 Å². The minimum atomic E-state index is 0.619. The number of aromatic nitrogens is 2. The van der Waals surface area contributed by atoms with Gasteiger partial charge < -0.3 is 0 Å². The van der Waals surface area contributed by atoms with E-state index in [-0.39, 0.29) is 0 Å². The summed E-state index contributed by atoms with van der Waals surface area (Å²) >= 11 is 0. The van der Waals surface area contributed by atoms with Crippen molar-refractivity contribution in [2.75, 3.05) is 0 Å². The van der Waals surface area contributed by atoms with Crippen molar-refractivity contribution in [3.05, 3.63) is 18.2 Å². The minimum Gasteiger partial charge on any atom is -0.247 e. The lowest BCUT2D eigenvalue weighted by atomic mass is 9.92. The molecular formula is C42H83N2+. The maximum absolute atomic E-state index is 3.75. The molecule has 1 aromatic rings. The van der Waals surface area contributed by atoms with Gasteiger partial charge in [0.05, 0.1) is 12.0 Å². The van der Waals surface area contributed by atoms with Gasteiger partial charge in [0.1, 0.15) is 12.4 Å². The van der Waals surface area contributed by atoms with Crippen LogP contribution in [0.3, 0.4) is 0 Å². The Kier molecular flexibility index (Phi) is 30.1. The van der Waals surface area contributed by atoms with E-state index in [0.717, 1.165) is 0 Å². The fourth-order valence-corrected chi connectivity index (χ4v) is 7.31. The van der Waals surface area contributed by atoms with Crippen LogP contribution in [0.25, 0.3) is 0 Å². The molecule has 0 aromatic carbocycles. The van der Waals surface area contributed by atoms with E-state index >= 15 is 0 Å². The molecule has 0 aliphatic carbocycles. The Morgan fingerprint density at radius 3 is 1.07 bits per heavy atom. The average molecular weight is 616 g/mol. The number of imidazole rings is 1. The van der Waals surface area contributed by atoms with Crippen molar-refractivity contribution >= 4 is 0 Å². The van der Waals surface area contributed by atoms with Crippen molar-refractivity contribution in [1.29, 1.82) is 0 Å². The van der Waals surface area contributed by atoms with E-state index in [1.165, 1.54) is 218 Å². The topological polar surface area (TPSA) is 19.7 Å². The summed E-state index contributed by atoms with van der Waals surface area (Å²) in [4.78, 5) is 3.75. The number of unbranched alkanes of at least 4 members (excludes halogenated alkanes) is 27. The summed E-state index contributed by atoms with van der Waals surface area (Å²) in [6.45, 7) is 9.41. The third kappa shape index (κ3) is 23.5. The number of nitrogens with zero attached hydrogens (tertiary/aromatic N) is 1. The first-order chi connectivity index (χ1) is 21.7. The number of hydrogen-bond acceptors (Lipinski definition) is 0. The summed E-state index contributed by atoms with van der Waals surface area (Å²) in [5, 5.41) is 0. The standard InChI is InChI=1S/C42H82N2/c1-5-8-11-14-16-18-20-21-22-24-26-28-31-34-37-41(36-33-30-27-25-23-19-17-15-12-9-6-2)42-43-38-39-44(42)40(4)35-32-29-13-10-7-3/h38-41H,5-37H2,1-4H3/p+1. The highest BCUT2D eigenvalue weighted by atomic mass is 15.1. The van der Waals surface area contributed by atoms with Crippen molar-refractivity contribution in [1.82, 2.24) is 4.98 Å². The number of rotatable bonds is 35. The molecule has 2 atom stereocenters. The molecule has 2 unspecified atom stereocenters. The van der Waals surface area contributed by atoms with Gasteiger partial charge in [-0.3, -0.25) is 0 Å². The van der Waals surface area contributed by atoms with Crippen LogP contribution in [-0.2, 0) is 0 Å². The molecule has 0 aliphatic rings. The number of aromatic amines is 1. The maximum atomic E-state index is 3.75. The zero-order valence-electron chi connectivity index (χ0n) is 31.1. The van der Waals surface area contributed by atoms with E-state index < -0.39 is 0 Å². The highest BCUT2D eigenvalue weighted by Gasteiger charge is 2.25. The molecular weight excluding hydrogens is 532 g/mol. The monoisotopic (exact) mass is 616 g/mol. The van der Waals surface area contributed by atoms with Crippen molar-refractivity contribution in [3.8, 4) is 0 Å². The Labute approximate surface area is 278 Å². The molecule has 0 radical (unpaired) electrons. The SMILES string of the molecule is CCCCCCCCCCCCCCCCC(CCCCCCCCCCCCC)c1[nH]cc[n+]1C(C)CCCCCCC. The van der Waals surface area contributed by atoms with E-state index in [2.05, 4.69) is 49.6 Å². The van der Waals surface area contributed by atoms with Gasteiger partial charge in [-0.15, -0.1) is 0 Å². The third-order valence-electron chi connectivity index (χ3n) is 10.4. The second kappa shape index (κ2) is 32.2. The van der Waals surface area contributed by atoms with Gasteiger partial charge in [0.15, 0.2) is 0 Å². The van der Waals surface area contributed by atoms with E-state index in [4.69, 9.17) is 0 Å². The molecule has 1 aromatic heterocycles. The molecule has 0 saturated carbocycles.